The highest BCUT2D eigenvalue weighted by Crippen LogP contribution is 2.55. The lowest BCUT2D eigenvalue weighted by molar-refractivity contribution is 0.402. The Morgan fingerprint density at radius 3 is 2.37 bits per heavy atom. The van der Waals surface area contributed by atoms with Gasteiger partial charge in [-0.25, -0.2) is 9.37 Å². The van der Waals surface area contributed by atoms with Crippen molar-refractivity contribution in [3.8, 4) is 11.3 Å². The Morgan fingerprint density at radius 1 is 0.721 bits per heavy atom. The molecule has 0 aliphatic carbocycles. The number of fused-ring (bicyclic) bond motifs is 6. The van der Waals surface area contributed by atoms with Crippen LogP contribution in [0.25, 0.3) is 31.4 Å². The van der Waals surface area contributed by atoms with Crippen LogP contribution in [0.5, 0.6) is 0 Å². The van der Waals surface area contributed by atoms with Gasteiger partial charge in [-0.05, 0) is 71.3 Å². The van der Waals surface area contributed by atoms with Crippen LogP contribution in [0, 0.1) is 0 Å². The average Bonchev–Trinajstić information content (AvgIpc) is 3.44. The number of thiophene rings is 1. The SMILES string of the molecule is CC1(C)c2cccnc2N(c2cccc(C(F)c3cccc(-c4ccccn4)c3)c2)c2ccc3sc4ccccc4c3c21. The van der Waals surface area contributed by atoms with E-state index in [1.54, 1.807) is 6.20 Å². The van der Waals surface area contributed by atoms with Gasteiger partial charge in [-0.1, -0.05) is 74.5 Å². The molecule has 1 aliphatic rings. The number of nitrogens with zero attached hydrogens (tertiary/aromatic N) is 3. The van der Waals surface area contributed by atoms with Crippen molar-refractivity contribution in [3.63, 3.8) is 0 Å². The van der Waals surface area contributed by atoms with Gasteiger partial charge in [0, 0.05) is 54.8 Å². The molecule has 5 heteroatoms. The number of benzene rings is 4. The standard InChI is InChI=1S/C38H28FN3S/c1-38(2)29-15-9-21-41-37(29)42(31-18-19-33-34(35(31)38)28-14-3-4-17-32(28)43-33)27-13-8-12-26(23-27)36(39)25-11-7-10-24(22-25)30-16-5-6-20-40-30/h3-23,36H,1-2H3. The van der Waals surface area contributed by atoms with Crippen LogP contribution in [0.2, 0.25) is 0 Å². The van der Waals surface area contributed by atoms with Crippen LogP contribution in [0.1, 0.15) is 42.3 Å². The zero-order valence-electron chi connectivity index (χ0n) is 23.8. The van der Waals surface area contributed by atoms with Crippen LogP contribution in [-0.4, -0.2) is 9.97 Å². The van der Waals surface area contributed by atoms with Gasteiger partial charge in [-0.3, -0.25) is 9.88 Å². The summed E-state index contributed by atoms with van der Waals surface area (Å²) in [6.45, 7) is 4.58. The Balaban J connectivity index is 1.29. The van der Waals surface area contributed by atoms with E-state index in [9.17, 15) is 0 Å². The topological polar surface area (TPSA) is 29.0 Å². The molecule has 0 fully saturated rings. The van der Waals surface area contributed by atoms with Gasteiger partial charge >= 0.3 is 0 Å². The van der Waals surface area contributed by atoms with E-state index in [-0.39, 0.29) is 5.41 Å². The first-order chi connectivity index (χ1) is 21.0. The first-order valence-corrected chi connectivity index (χ1v) is 15.3. The smallest absolute Gasteiger partial charge is 0.150 e. The molecule has 4 aromatic carbocycles. The normalized spacial score (nSPS) is 14.4. The molecule has 0 N–H and O–H groups in total. The molecule has 1 unspecified atom stereocenters. The second-order valence-corrected chi connectivity index (χ2v) is 12.6. The number of halogens is 1. The number of pyridine rings is 2. The second-order valence-electron chi connectivity index (χ2n) is 11.6. The second kappa shape index (κ2) is 9.85. The summed E-state index contributed by atoms with van der Waals surface area (Å²) in [6.07, 6.45) is 2.31. The van der Waals surface area contributed by atoms with Crippen molar-refractivity contribution < 1.29 is 4.39 Å². The van der Waals surface area contributed by atoms with Gasteiger partial charge in [0.2, 0.25) is 0 Å². The number of alkyl halides is 1. The van der Waals surface area contributed by atoms with Gasteiger partial charge in [-0.15, -0.1) is 11.3 Å². The fourth-order valence-electron chi connectivity index (χ4n) is 6.60. The van der Waals surface area contributed by atoms with E-state index < -0.39 is 6.17 Å². The van der Waals surface area contributed by atoms with E-state index in [4.69, 9.17) is 4.98 Å². The molecule has 4 heterocycles. The Kier molecular flexibility index (Phi) is 5.92. The molecule has 7 aromatic rings. The van der Waals surface area contributed by atoms with Gasteiger partial charge in [0.15, 0.2) is 6.17 Å². The van der Waals surface area contributed by atoms with Crippen LogP contribution in [0.15, 0.2) is 128 Å². The monoisotopic (exact) mass is 577 g/mol. The first kappa shape index (κ1) is 25.8. The lowest BCUT2D eigenvalue weighted by Gasteiger charge is -2.41. The third-order valence-electron chi connectivity index (χ3n) is 8.62. The van der Waals surface area contributed by atoms with Gasteiger partial charge in [0.1, 0.15) is 5.82 Å². The minimum Gasteiger partial charge on any atom is -0.294 e. The number of hydrogen-bond donors (Lipinski definition) is 0. The summed E-state index contributed by atoms with van der Waals surface area (Å²) in [5, 5.41) is 2.55. The molecule has 1 atom stereocenters. The molecule has 3 nitrogen and oxygen atoms in total. The molecule has 43 heavy (non-hydrogen) atoms. The summed E-state index contributed by atoms with van der Waals surface area (Å²) in [5.41, 5.74) is 7.02. The first-order valence-electron chi connectivity index (χ1n) is 14.5. The van der Waals surface area contributed by atoms with E-state index in [2.05, 4.69) is 72.3 Å². The summed E-state index contributed by atoms with van der Waals surface area (Å²) < 4.78 is 18.9. The lowest BCUT2D eigenvalue weighted by Crippen LogP contribution is -2.31. The summed E-state index contributed by atoms with van der Waals surface area (Å²) in [4.78, 5) is 11.6. The predicted molar refractivity (Wildman–Crippen MR) is 177 cm³/mol. The molecular weight excluding hydrogens is 550 g/mol. The third-order valence-corrected chi connectivity index (χ3v) is 9.76. The summed E-state index contributed by atoms with van der Waals surface area (Å²) in [6, 6.07) is 38.5. The van der Waals surface area contributed by atoms with Crippen molar-refractivity contribution in [2.24, 2.45) is 0 Å². The highest BCUT2D eigenvalue weighted by molar-refractivity contribution is 7.25. The maximum absolute atomic E-state index is 16.3. The fourth-order valence-corrected chi connectivity index (χ4v) is 7.71. The number of hydrogen-bond acceptors (Lipinski definition) is 4. The predicted octanol–water partition coefficient (Wildman–Crippen LogP) is 10.7. The molecular formula is C38H28FN3S. The van der Waals surface area contributed by atoms with Crippen molar-refractivity contribution in [2.45, 2.75) is 25.4 Å². The Labute approximate surface area is 253 Å². The Bertz CT molecular complexity index is 2150. The van der Waals surface area contributed by atoms with Crippen LogP contribution < -0.4 is 4.90 Å². The zero-order valence-corrected chi connectivity index (χ0v) is 24.6. The third kappa shape index (κ3) is 4.07. The summed E-state index contributed by atoms with van der Waals surface area (Å²) in [7, 11) is 0. The number of aromatic nitrogens is 2. The van der Waals surface area contributed by atoms with E-state index in [0.717, 1.165) is 34.0 Å². The fraction of sp³-hybridized carbons (Fsp3) is 0.105. The van der Waals surface area contributed by atoms with Gasteiger partial charge in [0.25, 0.3) is 0 Å². The minimum absolute atomic E-state index is 0.287. The van der Waals surface area contributed by atoms with Gasteiger partial charge in [-0.2, -0.15) is 0 Å². The minimum atomic E-state index is -1.30. The molecule has 0 amide bonds. The average molecular weight is 578 g/mol. The lowest BCUT2D eigenvalue weighted by atomic mass is 9.73. The molecule has 0 saturated carbocycles. The van der Waals surface area contributed by atoms with Crippen molar-refractivity contribution in [1.82, 2.24) is 9.97 Å². The Morgan fingerprint density at radius 2 is 1.51 bits per heavy atom. The van der Waals surface area contributed by atoms with E-state index in [1.165, 1.54) is 25.7 Å². The molecule has 208 valence electrons. The maximum Gasteiger partial charge on any atom is 0.150 e. The van der Waals surface area contributed by atoms with Crippen molar-refractivity contribution in [1.29, 1.82) is 0 Å². The molecule has 1 aliphatic heterocycles. The van der Waals surface area contributed by atoms with Gasteiger partial charge in [0.05, 0.1) is 11.4 Å². The van der Waals surface area contributed by atoms with Gasteiger partial charge < -0.3 is 0 Å². The highest BCUT2D eigenvalue weighted by Gasteiger charge is 2.39. The maximum atomic E-state index is 16.3. The Hall–Kier alpha value is -4.87. The number of rotatable bonds is 4. The molecule has 0 saturated heterocycles. The quantitative estimate of drug-likeness (QED) is 0.208. The molecule has 0 bridgehead atoms. The summed E-state index contributed by atoms with van der Waals surface area (Å²) in [5.74, 6) is 0.878. The van der Waals surface area contributed by atoms with E-state index in [0.29, 0.717) is 11.1 Å². The van der Waals surface area contributed by atoms with E-state index in [1.807, 2.05) is 84.3 Å². The molecule has 0 spiro atoms. The largest absolute Gasteiger partial charge is 0.294 e. The van der Waals surface area contributed by atoms with Crippen molar-refractivity contribution in [2.75, 3.05) is 4.90 Å². The zero-order chi connectivity index (χ0) is 29.1. The van der Waals surface area contributed by atoms with Crippen molar-refractivity contribution in [3.05, 3.63) is 150 Å². The summed E-state index contributed by atoms with van der Waals surface area (Å²) >= 11 is 1.83. The van der Waals surface area contributed by atoms with Crippen molar-refractivity contribution >= 4 is 48.7 Å². The number of anilines is 3. The van der Waals surface area contributed by atoms with E-state index >= 15 is 4.39 Å². The highest BCUT2D eigenvalue weighted by atomic mass is 32.1. The molecule has 3 aromatic heterocycles. The van der Waals surface area contributed by atoms with Crippen LogP contribution >= 0.6 is 11.3 Å². The molecule has 8 rings (SSSR count). The van der Waals surface area contributed by atoms with Crippen LogP contribution in [0.3, 0.4) is 0 Å². The van der Waals surface area contributed by atoms with Crippen LogP contribution in [-0.2, 0) is 5.41 Å². The molecule has 0 radical (unpaired) electrons. The van der Waals surface area contributed by atoms with Crippen LogP contribution in [0.4, 0.5) is 21.6 Å².